The SMILES string of the molecule is Cc1c(Cl)cccc1NC(=O)NCCn1ncccc1=O. The fraction of sp³-hybridized carbons (Fsp3) is 0.214. The molecule has 0 atom stereocenters. The van der Waals surface area contributed by atoms with Crippen molar-refractivity contribution in [2.45, 2.75) is 13.5 Å². The van der Waals surface area contributed by atoms with Gasteiger partial charge in [-0.15, -0.1) is 0 Å². The summed E-state index contributed by atoms with van der Waals surface area (Å²) < 4.78 is 1.28. The maximum absolute atomic E-state index is 11.8. The van der Waals surface area contributed by atoms with Crippen molar-refractivity contribution in [1.29, 1.82) is 0 Å². The van der Waals surface area contributed by atoms with E-state index in [1.165, 1.54) is 16.9 Å². The Balaban J connectivity index is 1.87. The fourth-order valence-corrected chi connectivity index (χ4v) is 1.91. The monoisotopic (exact) mass is 306 g/mol. The molecule has 21 heavy (non-hydrogen) atoms. The average molecular weight is 307 g/mol. The maximum atomic E-state index is 11.8. The molecule has 1 heterocycles. The first kappa shape index (κ1) is 15.1. The summed E-state index contributed by atoms with van der Waals surface area (Å²) in [6, 6.07) is 7.92. The van der Waals surface area contributed by atoms with Crippen LogP contribution in [-0.2, 0) is 6.54 Å². The number of carbonyl (C=O) groups is 1. The summed E-state index contributed by atoms with van der Waals surface area (Å²) in [4.78, 5) is 23.2. The van der Waals surface area contributed by atoms with E-state index in [0.29, 0.717) is 23.8 Å². The Kier molecular flexibility index (Phi) is 4.94. The van der Waals surface area contributed by atoms with Gasteiger partial charge in [0.05, 0.1) is 6.54 Å². The molecule has 7 heteroatoms. The Morgan fingerprint density at radius 2 is 2.14 bits per heavy atom. The van der Waals surface area contributed by atoms with Crippen molar-refractivity contribution in [1.82, 2.24) is 15.1 Å². The van der Waals surface area contributed by atoms with Crippen LogP contribution in [0.4, 0.5) is 10.5 Å². The lowest BCUT2D eigenvalue weighted by Crippen LogP contribution is -2.34. The van der Waals surface area contributed by atoms with Crippen LogP contribution in [-0.4, -0.2) is 22.4 Å². The topological polar surface area (TPSA) is 76.0 Å². The van der Waals surface area contributed by atoms with Gasteiger partial charge >= 0.3 is 6.03 Å². The number of nitrogens with zero attached hydrogens (tertiary/aromatic N) is 2. The number of amides is 2. The lowest BCUT2D eigenvalue weighted by atomic mass is 10.2. The number of rotatable bonds is 4. The highest BCUT2D eigenvalue weighted by molar-refractivity contribution is 6.31. The van der Waals surface area contributed by atoms with E-state index in [2.05, 4.69) is 15.7 Å². The number of aromatic nitrogens is 2. The normalized spacial score (nSPS) is 10.2. The second kappa shape index (κ2) is 6.90. The predicted molar refractivity (Wildman–Crippen MR) is 81.7 cm³/mol. The van der Waals surface area contributed by atoms with Crippen LogP contribution in [0.5, 0.6) is 0 Å². The van der Waals surface area contributed by atoms with Gasteiger partial charge in [0, 0.05) is 29.5 Å². The van der Waals surface area contributed by atoms with Gasteiger partial charge in [-0.3, -0.25) is 4.79 Å². The minimum atomic E-state index is -0.357. The van der Waals surface area contributed by atoms with Crippen LogP contribution in [0.2, 0.25) is 5.02 Å². The van der Waals surface area contributed by atoms with E-state index in [0.717, 1.165) is 5.56 Å². The molecular formula is C14H15ClN4O2. The second-order valence-corrected chi connectivity index (χ2v) is 4.79. The highest BCUT2D eigenvalue weighted by Gasteiger charge is 2.06. The molecule has 0 aliphatic carbocycles. The van der Waals surface area contributed by atoms with Crippen LogP contribution in [0.25, 0.3) is 0 Å². The Morgan fingerprint density at radius 3 is 2.90 bits per heavy atom. The van der Waals surface area contributed by atoms with Crippen molar-refractivity contribution in [2.75, 3.05) is 11.9 Å². The smallest absolute Gasteiger partial charge is 0.319 e. The maximum Gasteiger partial charge on any atom is 0.319 e. The number of urea groups is 1. The van der Waals surface area contributed by atoms with Gasteiger partial charge in [-0.25, -0.2) is 9.48 Å². The standard InChI is InChI=1S/C14H15ClN4O2/c1-10-11(15)4-2-5-12(10)18-14(21)16-8-9-19-13(20)6-3-7-17-19/h2-7H,8-9H2,1H3,(H2,16,18,21). The molecule has 1 aromatic heterocycles. The molecule has 0 unspecified atom stereocenters. The number of halogens is 1. The largest absolute Gasteiger partial charge is 0.336 e. The lowest BCUT2D eigenvalue weighted by Gasteiger charge is -2.11. The van der Waals surface area contributed by atoms with Gasteiger partial charge in [0.25, 0.3) is 5.56 Å². The zero-order chi connectivity index (χ0) is 15.2. The summed E-state index contributed by atoms with van der Waals surface area (Å²) >= 11 is 5.98. The first-order valence-corrected chi connectivity index (χ1v) is 6.78. The third-order valence-electron chi connectivity index (χ3n) is 2.91. The number of nitrogens with one attached hydrogen (secondary N) is 2. The molecule has 2 aromatic rings. The Morgan fingerprint density at radius 1 is 1.33 bits per heavy atom. The fourth-order valence-electron chi connectivity index (χ4n) is 1.74. The zero-order valence-corrected chi connectivity index (χ0v) is 12.2. The highest BCUT2D eigenvalue weighted by atomic mass is 35.5. The number of anilines is 1. The molecule has 0 saturated heterocycles. The van der Waals surface area contributed by atoms with Crippen LogP contribution >= 0.6 is 11.6 Å². The quantitative estimate of drug-likeness (QED) is 0.907. The van der Waals surface area contributed by atoms with Gasteiger partial charge in [-0.05, 0) is 30.7 Å². The van der Waals surface area contributed by atoms with E-state index in [1.54, 1.807) is 24.3 Å². The minimum absolute atomic E-state index is 0.203. The van der Waals surface area contributed by atoms with Crippen LogP contribution in [0.1, 0.15) is 5.56 Å². The first-order valence-electron chi connectivity index (χ1n) is 6.40. The molecule has 0 bridgehead atoms. The van der Waals surface area contributed by atoms with Gasteiger partial charge in [-0.1, -0.05) is 17.7 Å². The molecule has 110 valence electrons. The van der Waals surface area contributed by atoms with Gasteiger partial charge < -0.3 is 10.6 Å². The van der Waals surface area contributed by atoms with E-state index < -0.39 is 0 Å². The molecule has 2 rings (SSSR count). The zero-order valence-electron chi connectivity index (χ0n) is 11.5. The molecular weight excluding hydrogens is 292 g/mol. The minimum Gasteiger partial charge on any atom is -0.336 e. The van der Waals surface area contributed by atoms with Gasteiger partial charge in [0.15, 0.2) is 0 Å². The van der Waals surface area contributed by atoms with Crippen molar-refractivity contribution in [2.24, 2.45) is 0 Å². The first-order chi connectivity index (χ1) is 10.1. The number of hydrogen-bond donors (Lipinski definition) is 2. The second-order valence-electron chi connectivity index (χ2n) is 4.38. The van der Waals surface area contributed by atoms with Gasteiger partial charge in [0.2, 0.25) is 0 Å². The van der Waals surface area contributed by atoms with Crippen LogP contribution in [0.3, 0.4) is 0 Å². The Bertz CT molecular complexity index is 699. The predicted octanol–water partition coefficient (Wildman–Crippen LogP) is 2.03. The summed E-state index contributed by atoms with van der Waals surface area (Å²) in [6.07, 6.45) is 1.52. The number of benzene rings is 1. The molecule has 0 saturated carbocycles. The van der Waals surface area contributed by atoms with Crippen molar-refractivity contribution >= 4 is 23.3 Å². The van der Waals surface area contributed by atoms with E-state index in [9.17, 15) is 9.59 Å². The van der Waals surface area contributed by atoms with Crippen molar-refractivity contribution < 1.29 is 4.79 Å². The average Bonchev–Trinajstić information content (AvgIpc) is 2.46. The van der Waals surface area contributed by atoms with E-state index in [1.807, 2.05) is 6.92 Å². The van der Waals surface area contributed by atoms with E-state index in [-0.39, 0.29) is 11.6 Å². The van der Waals surface area contributed by atoms with Crippen LogP contribution in [0.15, 0.2) is 41.3 Å². The summed E-state index contributed by atoms with van der Waals surface area (Å²) in [7, 11) is 0. The molecule has 2 N–H and O–H groups in total. The molecule has 0 radical (unpaired) electrons. The van der Waals surface area contributed by atoms with Crippen molar-refractivity contribution in [3.05, 3.63) is 57.5 Å². The van der Waals surface area contributed by atoms with Gasteiger partial charge in [-0.2, -0.15) is 5.10 Å². The number of hydrogen-bond acceptors (Lipinski definition) is 3. The van der Waals surface area contributed by atoms with Crippen molar-refractivity contribution in [3.63, 3.8) is 0 Å². The molecule has 0 aliphatic heterocycles. The molecule has 0 aliphatic rings. The van der Waals surface area contributed by atoms with Crippen molar-refractivity contribution in [3.8, 4) is 0 Å². The Labute approximate surface area is 126 Å². The van der Waals surface area contributed by atoms with Gasteiger partial charge in [0.1, 0.15) is 0 Å². The van der Waals surface area contributed by atoms with Crippen LogP contribution in [0, 0.1) is 6.92 Å². The molecule has 2 amide bonds. The van der Waals surface area contributed by atoms with E-state index >= 15 is 0 Å². The third kappa shape index (κ3) is 4.06. The summed E-state index contributed by atoms with van der Waals surface area (Å²) in [6.45, 7) is 2.43. The molecule has 6 nitrogen and oxygen atoms in total. The summed E-state index contributed by atoms with van der Waals surface area (Å²) in [5.74, 6) is 0. The van der Waals surface area contributed by atoms with Crippen LogP contribution < -0.4 is 16.2 Å². The molecule has 0 spiro atoms. The number of carbonyl (C=O) groups excluding carboxylic acids is 1. The third-order valence-corrected chi connectivity index (χ3v) is 3.32. The lowest BCUT2D eigenvalue weighted by molar-refractivity contribution is 0.251. The Hall–Kier alpha value is -2.34. The molecule has 1 aromatic carbocycles. The molecule has 0 fully saturated rings. The van der Waals surface area contributed by atoms with E-state index in [4.69, 9.17) is 11.6 Å². The summed E-state index contributed by atoms with van der Waals surface area (Å²) in [5, 5.41) is 9.86. The summed E-state index contributed by atoms with van der Waals surface area (Å²) in [5.41, 5.74) is 1.25. The highest BCUT2D eigenvalue weighted by Crippen LogP contribution is 2.22.